The lowest BCUT2D eigenvalue weighted by atomic mass is 9.98. The Morgan fingerprint density at radius 3 is 2.21 bits per heavy atom. The molecule has 1 amide bonds. The maximum absolute atomic E-state index is 12.5. The number of aryl methyl sites for hydroxylation is 1. The summed E-state index contributed by atoms with van der Waals surface area (Å²) in [7, 11) is 1.75. The van der Waals surface area contributed by atoms with Gasteiger partial charge in [0.15, 0.2) is 0 Å². The number of aromatic carboxylic acids is 1. The van der Waals surface area contributed by atoms with Crippen LogP contribution in [0.15, 0.2) is 0 Å². The third-order valence-corrected chi connectivity index (χ3v) is 3.94. The molecule has 1 aromatic heterocycles. The normalized spacial score (nSPS) is 11.5. The molecule has 1 rings (SSSR count). The molecule has 106 valence electrons. The number of nitrogens with one attached hydrogen (secondary N) is 1. The van der Waals surface area contributed by atoms with Gasteiger partial charge in [0.2, 0.25) is 0 Å². The Morgan fingerprint density at radius 1 is 1.32 bits per heavy atom. The van der Waals surface area contributed by atoms with E-state index in [0.29, 0.717) is 16.8 Å². The highest BCUT2D eigenvalue weighted by Crippen LogP contribution is 2.24. The van der Waals surface area contributed by atoms with Gasteiger partial charge in [-0.25, -0.2) is 4.79 Å². The first-order chi connectivity index (χ1) is 8.63. The third-order valence-electron chi connectivity index (χ3n) is 3.94. The monoisotopic (exact) mass is 266 g/mol. The van der Waals surface area contributed by atoms with E-state index in [9.17, 15) is 9.59 Å². The van der Waals surface area contributed by atoms with Crippen molar-refractivity contribution in [2.24, 2.45) is 0 Å². The largest absolute Gasteiger partial charge is 0.477 e. The van der Waals surface area contributed by atoms with Gasteiger partial charge < -0.3 is 15.0 Å². The Labute approximate surface area is 113 Å². The summed E-state index contributed by atoms with van der Waals surface area (Å²) < 4.78 is 0. The van der Waals surface area contributed by atoms with Crippen LogP contribution in [0.1, 0.15) is 59.3 Å². The Kier molecular flexibility index (Phi) is 4.08. The van der Waals surface area contributed by atoms with Crippen molar-refractivity contribution in [3.63, 3.8) is 0 Å². The Morgan fingerprint density at radius 2 is 1.84 bits per heavy atom. The molecule has 2 N–H and O–H groups in total. The fourth-order valence-electron chi connectivity index (χ4n) is 1.96. The quantitative estimate of drug-likeness (QED) is 0.879. The third kappa shape index (κ3) is 2.64. The molecule has 0 bridgehead atoms. The van der Waals surface area contributed by atoms with Gasteiger partial charge in [0.1, 0.15) is 5.69 Å². The summed E-state index contributed by atoms with van der Waals surface area (Å²) in [6, 6.07) is 0. The summed E-state index contributed by atoms with van der Waals surface area (Å²) in [5.41, 5.74) is 1.37. The summed E-state index contributed by atoms with van der Waals surface area (Å²) in [4.78, 5) is 28.1. The minimum Gasteiger partial charge on any atom is -0.477 e. The molecule has 1 aromatic rings. The van der Waals surface area contributed by atoms with Crippen LogP contribution in [0.2, 0.25) is 0 Å². The van der Waals surface area contributed by atoms with E-state index in [1.54, 1.807) is 25.8 Å². The molecule has 0 aliphatic heterocycles. The van der Waals surface area contributed by atoms with Gasteiger partial charge in [0, 0.05) is 18.3 Å². The van der Waals surface area contributed by atoms with Crippen LogP contribution in [-0.4, -0.2) is 39.5 Å². The van der Waals surface area contributed by atoms with Gasteiger partial charge in [-0.3, -0.25) is 4.79 Å². The first-order valence-corrected chi connectivity index (χ1v) is 6.34. The number of carbonyl (C=O) groups excluding carboxylic acids is 1. The van der Waals surface area contributed by atoms with Crippen LogP contribution in [0.5, 0.6) is 0 Å². The number of carboxylic acid groups (broad SMARTS) is 1. The van der Waals surface area contributed by atoms with Gasteiger partial charge in [0.05, 0.1) is 5.56 Å². The first kappa shape index (κ1) is 15.3. The predicted molar refractivity (Wildman–Crippen MR) is 73.7 cm³/mol. The highest BCUT2D eigenvalue weighted by Gasteiger charge is 2.30. The van der Waals surface area contributed by atoms with Crippen molar-refractivity contribution in [3.05, 3.63) is 22.5 Å². The summed E-state index contributed by atoms with van der Waals surface area (Å²) >= 11 is 0. The number of carbonyl (C=O) groups is 2. The molecule has 5 heteroatoms. The molecular weight excluding hydrogens is 244 g/mol. The molecule has 0 aromatic carbocycles. The Bertz CT molecular complexity index is 515. The van der Waals surface area contributed by atoms with E-state index in [1.807, 2.05) is 20.8 Å². The second-order valence-electron chi connectivity index (χ2n) is 5.46. The number of nitrogens with zero attached hydrogens (tertiary/aromatic N) is 1. The molecule has 0 unspecified atom stereocenters. The second-order valence-corrected chi connectivity index (χ2v) is 5.46. The zero-order chi connectivity index (χ0) is 15.0. The van der Waals surface area contributed by atoms with Crippen molar-refractivity contribution in [1.29, 1.82) is 0 Å². The SMILES string of the molecule is CCC(C)(C)N(C)C(=O)c1c(C)[nH]c(C(=O)O)c1C. The Balaban J connectivity index is 3.25. The number of aromatic nitrogens is 1. The number of hydrogen-bond donors (Lipinski definition) is 2. The van der Waals surface area contributed by atoms with Gasteiger partial charge in [-0.1, -0.05) is 6.92 Å². The smallest absolute Gasteiger partial charge is 0.352 e. The highest BCUT2D eigenvalue weighted by molar-refractivity contribution is 6.01. The first-order valence-electron chi connectivity index (χ1n) is 6.34. The number of H-pyrrole nitrogens is 1. The molecule has 0 atom stereocenters. The van der Waals surface area contributed by atoms with Crippen LogP contribution in [0, 0.1) is 13.8 Å². The van der Waals surface area contributed by atoms with Crippen molar-refractivity contribution >= 4 is 11.9 Å². The van der Waals surface area contributed by atoms with Gasteiger partial charge in [-0.05, 0) is 39.7 Å². The van der Waals surface area contributed by atoms with Gasteiger partial charge in [-0.2, -0.15) is 0 Å². The van der Waals surface area contributed by atoms with Crippen molar-refractivity contribution in [3.8, 4) is 0 Å². The summed E-state index contributed by atoms with van der Waals surface area (Å²) in [5, 5.41) is 9.07. The lowest BCUT2D eigenvalue weighted by molar-refractivity contribution is 0.0619. The molecule has 0 aliphatic carbocycles. The predicted octanol–water partition coefficient (Wildman–Crippen LogP) is 2.59. The molecular formula is C14H22N2O3. The van der Waals surface area contributed by atoms with Crippen LogP contribution in [0.25, 0.3) is 0 Å². The topological polar surface area (TPSA) is 73.4 Å². The summed E-state index contributed by atoms with van der Waals surface area (Å²) in [6.45, 7) is 9.37. The Hall–Kier alpha value is -1.78. The maximum atomic E-state index is 12.5. The average molecular weight is 266 g/mol. The maximum Gasteiger partial charge on any atom is 0.352 e. The fourth-order valence-corrected chi connectivity index (χ4v) is 1.96. The zero-order valence-corrected chi connectivity index (χ0v) is 12.4. The van der Waals surface area contributed by atoms with Crippen molar-refractivity contribution in [1.82, 2.24) is 9.88 Å². The molecule has 1 heterocycles. The van der Waals surface area contributed by atoms with Crippen LogP contribution in [0.3, 0.4) is 0 Å². The standard InChI is InChI=1S/C14H22N2O3/c1-7-14(4,5)16(6)12(17)10-8(2)11(13(18)19)15-9(10)3/h15H,7H2,1-6H3,(H,18,19). The van der Waals surface area contributed by atoms with Crippen molar-refractivity contribution in [2.75, 3.05) is 7.05 Å². The molecule has 0 radical (unpaired) electrons. The van der Waals surface area contributed by atoms with Crippen LogP contribution < -0.4 is 0 Å². The van der Waals surface area contributed by atoms with Gasteiger partial charge in [0.25, 0.3) is 5.91 Å². The van der Waals surface area contributed by atoms with Crippen molar-refractivity contribution < 1.29 is 14.7 Å². The summed E-state index contributed by atoms with van der Waals surface area (Å²) in [6.07, 6.45) is 0.823. The van der Waals surface area contributed by atoms with Gasteiger partial charge >= 0.3 is 5.97 Å². The zero-order valence-electron chi connectivity index (χ0n) is 12.4. The van der Waals surface area contributed by atoms with E-state index in [-0.39, 0.29) is 17.1 Å². The molecule has 0 saturated carbocycles. The number of rotatable bonds is 4. The second kappa shape index (κ2) is 5.07. The minimum absolute atomic E-state index is 0.0866. The van der Waals surface area contributed by atoms with Crippen LogP contribution in [-0.2, 0) is 0 Å². The van der Waals surface area contributed by atoms with Crippen LogP contribution >= 0.6 is 0 Å². The van der Waals surface area contributed by atoms with E-state index in [4.69, 9.17) is 5.11 Å². The minimum atomic E-state index is -1.04. The van der Waals surface area contributed by atoms with E-state index in [1.165, 1.54) is 0 Å². The lowest BCUT2D eigenvalue weighted by Crippen LogP contribution is -2.44. The molecule has 19 heavy (non-hydrogen) atoms. The van der Waals surface area contributed by atoms with E-state index in [2.05, 4.69) is 4.98 Å². The van der Waals surface area contributed by atoms with Crippen LogP contribution in [0.4, 0.5) is 0 Å². The molecule has 0 spiro atoms. The van der Waals surface area contributed by atoms with E-state index < -0.39 is 5.97 Å². The number of hydrogen-bond acceptors (Lipinski definition) is 2. The van der Waals surface area contributed by atoms with Crippen molar-refractivity contribution in [2.45, 2.75) is 46.6 Å². The molecule has 0 saturated heterocycles. The molecule has 0 fully saturated rings. The number of carboxylic acids is 1. The molecule has 0 aliphatic rings. The highest BCUT2D eigenvalue weighted by atomic mass is 16.4. The average Bonchev–Trinajstić information content (AvgIpc) is 2.63. The number of amides is 1. The fraction of sp³-hybridized carbons (Fsp3) is 0.571. The number of aromatic amines is 1. The molecule has 5 nitrogen and oxygen atoms in total. The van der Waals surface area contributed by atoms with E-state index in [0.717, 1.165) is 6.42 Å². The lowest BCUT2D eigenvalue weighted by Gasteiger charge is -2.35. The van der Waals surface area contributed by atoms with E-state index >= 15 is 0 Å². The summed E-state index contributed by atoms with van der Waals surface area (Å²) in [5.74, 6) is -1.19. The van der Waals surface area contributed by atoms with Gasteiger partial charge in [-0.15, -0.1) is 0 Å².